The molecule has 72 valence electrons. The van der Waals surface area contributed by atoms with Crippen LogP contribution in [0.2, 0.25) is 0 Å². The van der Waals surface area contributed by atoms with E-state index < -0.39 is 5.79 Å². The predicted octanol–water partition coefficient (Wildman–Crippen LogP) is -0.279. The molecule has 0 aromatic carbocycles. The molecule has 0 amide bonds. The van der Waals surface area contributed by atoms with Gasteiger partial charge in [0, 0.05) is 13.1 Å². The summed E-state index contributed by atoms with van der Waals surface area (Å²) in [6.45, 7) is 4.68. The van der Waals surface area contributed by atoms with Crippen LogP contribution in [0, 0.1) is 0 Å². The zero-order valence-corrected chi connectivity index (χ0v) is 7.51. The first-order chi connectivity index (χ1) is 5.83. The van der Waals surface area contributed by atoms with Crippen molar-refractivity contribution in [3.05, 3.63) is 0 Å². The lowest BCUT2D eigenvalue weighted by Crippen LogP contribution is -2.51. The predicted molar refractivity (Wildman–Crippen MR) is 44.9 cm³/mol. The van der Waals surface area contributed by atoms with Crippen LogP contribution in [-0.4, -0.2) is 43.8 Å². The summed E-state index contributed by atoms with van der Waals surface area (Å²) in [5.74, 6) is -0.499. The number of ether oxygens (including phenoxy) is 2. The molecule has 1 aliphatic heterocycles. The topological polar surface area (TPSA) is 50.7 Å². The molecule has 0 radical (unpaired) electrons. The molecule has 1 aliphatic rings. The molecule has 4 nitrogen and oxygen atoms in total. The number of rotatable bonds is 4. The molecule has 12 heavy (non-hydrogen) atoms. The molecule has 0 saturated carbocycles. The average molecular weight is 175 g/mol. The monoisotopic (exact) mass is 175 g/mol. The Morgan fingerprint density at radius 3 is 3.00 bits per heavy atom. The summed E-state index contributed by atoms with van der Waals surface area (Å²) in [6.07, 6.45) is 0.806. The second kappa shape index (κ2) is 4.77. The first-order valence-corrected chi connectivity index (χ1v) is 4.42. The third-order valence-electron chi connectivity index (χ3n) is 2.03. The zero-order valence-electron chi connectivity index (χ0n) is 7.51. The third-order valence-corrected chi connectivity index (χ3v) is 2.03. The van der Waals surface area contributed by atoms with Gasteiger partial charge < -0.3 is 19.9 Å². The fraction of sp³-hybridized carbons (Fsp3) is 1.00. The van der Waals surface area contributed by atoms with Gasteiger partial charge in [-0.25, -0.2) is 0 Å². The molecule has 1 heterocycles. The first-order valence-electron chi connectivity index (χ1n) is 4.42. The second-order valence-corrected chi connectivity index (χ2v) is 2.86. The SMILES string of the molecule is CCC1(OCCO)CNCCO1. The zero-order chi connectivity index (χ0) is 8.86. The van der Waals surface area contributed by atoms with Crippen LogP contribution in [-0.2, 0) is 9.47 Å². The summed E-state index contributed by atoms with van der Waals surface area (Å²) in [4.78, 5) is 0. The quantitative estimate of drug-likeness (QED) is 0.617. The Labute approximate surface area is 72.9 Å². The van der Waals surface area contributed by atoms with Gasteiger partial charge in [0.2, 0.25) is 0 Å². The van der Waals surface area contributed by atoms with Crippen molar-refractivity contribution in [2.75, 3.05) is 32.9 Å². The van der Waals surface area contributed by atoms with E-state index in [-0.39, 0.29) is 6.61 Å². The lowest BCUT2D eigenvalue weighted by atomic mass is 10.2. The molecule has 2 N–H and O–H groups in total. The summed E-state index contributed by atoms with van der Waals surface area (Å²) in [5, 5.41) is 11.8. The molecule has 1 saturated heterocycles. The van der Waals surface area contributed by atoms with Crippen LogP contribution in [0.15, 0.2) is 0 Å². The van der Waals surface area contributed by atoms with Gasteiger partial charge >= 0.3 is 0 Å². The number of morpholine rings is 1. The van der Waals surface area contributed by atoms with Crippen LogP contribution in [0.4, 0.5) is 0 Å². The van der Waals surface area contributed by atoms with Crippen molar-refractivity contribution in [2.24, 2.45) is 0 Å². The van der Waals surface area contributed by atoms with Crippen molar-refractivity contribution in [2.45, 2.75) is 19.1 Å². The van der Waals surface area contributed by atoms with Crippen LogP contribution >= 0.6 is 0 Å². The standard InChI is InChI=1S/C8H17NO3/c1-2-8(12-6-4-10)7-9-3-5-11-8/h9-10H,2-7H2,1H3. The molecule has 0 aromatic rings. The summed E-state index contributed by atoms with van der Waals surface area (Å²) < 4.78 is 11.0. The van der Waals surface area contributed by atoms with E-state index >= 15 is 0 Å². The maximum Gasteiger partial charge on any atom is 0.180 e. The Hall–Kier alpha value is -0.160. The van der Waals surface area contributed by atoms with Gasteiger partial charge in [-0.15, -0.1) is 0 Å². The molecule has 1 unspecified atom stereocenters. The summed E-state index contributed by atoms with van der Waals surface area (Å²) in [7, 11) is 0. The number of aliphatic hydroxyl groups is 1. The van der Waals surface area contributed by atoms with Crippen molar-refractivity contribution in [3.8, 4) is 0 Å². The largest absolute Gasteiger partial charge is 0.394 e. The summed E-state index contributed by atoms with van der Waals surface area (Å²) in [5.41, 5.74) is 0. The Bertz CT molecular complexity index is 123. The lowest BCUT2D eigenvalue weighted by Gasteiger charge is -2.36. The molecule has 0 aromatic heterocycles. The molecule has 1 atom stereocenters. The smallest absolute Gasteiger partial charge is 0.180 e. The fourth-order valence-electron chi connectivity index (χ4n) is 1.29. The van der Waals surface area contributed by atoms with E-state index in [0.717, 1.165) is 13.0 Å². The van der Waals surface area contributed by atoms with E-state index in [2.05, 4.69) is 5.32 Å². The van der Waals surface area contributed by atoms with E-state index in [9.17, 15) is 0 Å². The molecule has 4 heteroatoms. The minimum absolute atomic E-state index is 0.0467. The van der Waals surface area contributed by atoms with E-state index in [1.807, 2.05) is 6.92 Å². The molecular weight excluding hydrogens is 158 g/mol. The van der Waals surface area contributed by atoms with Gasteiger partial charge in [0.05, 0.1) is 19.8 Å². The van der Waals surface area contributed by atoms with Crippen molar-refractivity contribution in [3.63, 3.8) is 0 Å². The highest BCUT2D eigenvalue weighted by molar-refractivity contribution is 4.75. The van der Waals surface area contributed by atoms with Crippen molar-refractivity contribution in [1.29, 1.82) is 0 Å². The van der Waals surface area contributed by atoms with Gasteiger partial charge in [-0.3, -0.25) is 0 Å². The van der Waals surface area contributed by atoms with E-state index in [1.165, 1.54) is 0 Å². The van der Waals surface area contributed by atoms with Gasteiger partial charge in [0.15, 0.2) is 5.79 Å². The van der Waals surface area contributed by atoms with Gasteiger partial charge in [0.25, 0.3) is 0 Å². The fourth-order valence-corrected chi connectivity index (χ4v) is 1.29. The van der Waals surface area contributed by atoms with Gasteiger partial charge in [0.1, 0.15) is 0 Å². The normalized spacial score (nSPS) is 30.5. The van der Waals surface area contributed by atoms with Gasteiger partial charge in [-0.05, 0) is 6.42 Å². The Balaban J connectivity index is 2.37. The van der Waals surface area contributed by atoms with Crippen LogP contribution < -0.4 is 5.32 Å². The first kappa shape index (κ1) is 9.92. The average Bonchev–Trinajstić information content (AvgIpc) is 2.16. The molecule has 1 fully saturated rings. The number of nitrogens with one attached hydrogen (secondary N) is 1. The number of hydrogen-bond donors (Lipinski definition) is 2. The molecule has 0 spiro atoms. The molecule has 0 bridgehead atoms. The third kappa shape index (κ3) is 2.42. The Morgan fingerprint density at radius 1 is 1.67 bits per heavy atom. The van der Waals surface area contributed by atoms with E-state index in [0.29, 0.717) is 19.8 Å². The van der Waals surface area contributed by atoms with Crippen LogP contribution in [0.3, 0.4) is 0 Å². The van der Waals surface area contributed by atoms with Crippen LogP contribution in [0.5, 0.6) is 0 Å². The van der Waals surface area contributed by atoms with Gasteiger partial charge in [-0.2, -0.15) is 0 Å². The van der Waals surface area contributed by atoms with Crippen molar-refractivity contribution in [1.82, 2.24) is 5.32 Å². The highest BCUT2D eigenvalue weighted by Crippen LogP contribution is 2.18. The van der Waals surface area contributed by atoms with E-state index in [1.54, 1.807) is 0 Å². The minimum atomic E-state index is -0.499. The summed E-state index contributed by atoms with van der Waals surface area (Å²) in [6, 6.07) is 0. The molecular formula is C8H17NO3. The highest BCUT2D eigenvalue weighted by atomic mass is 16.7. The molecule has 0 aliphatic carbocycles. The number of hydrogen-bond acceptors (Lipinski definition) is 4. The Kier molecular flexibility index (Phi) is 3.94. The van der Waals surface area contributed by atoms with E-state index in [4.69, 9.17) is 14.6 Å². The summed E-state index contributed by atoms with van der Waals surface area (Å²) >= 11 is 0. The number of aliphatic hydroxyl groups excluding tert-OH is 1. The highest BCUT2D eigenvalue weighted by Gasteiger charge is 2.31. The van der Waals surface area contributed by atoms with Crippen LogP contribution in [0.1, 0.15) is 13.3 Å². The maximum atomic E-state index is 8.61. The van der Waals surface area contributed by atoms with Crippen molar-refractivity contribution >= 4 is 0 Å². The second-order valence-electron chi connectivity index (χ2n) is 2.86. The maximum absolute atomic E-state index is 8.61. The van der Waals surface area contributed by atoms with Crippen LogP contribution in [0.25, 0.3) is 0 Å². The van der Waals surface area contributed by atoms with Gasteiger partial charge in [-0.1, -0.05) is 6.92 Å². The van der Waals surface area contributed by atoms with Crippen molar-refractivity contribution < 1.29 is 14.6 Å². The Morgan fingerprint density at radius 2 is 2.50 bits per heavy atom. The lowest BCUT2D eigenvalue weighted by molar-refractivity contribution is -0.250. The molecule has 1 rings (SSSR count). The minimum Gasteiger partial charge on any atom is -0.394 e.